The number of nitriles is 1. The maximum absolute atomic E-state index is 13.8. The lowest BCUT2D eigenvalue weighted by molar-refractivity contribution is -0.115. The molecule has 8 nitrogen and oxygen atoms in total. The van der Waals surface area contributed by atoms with Crippen LogP contribution >= 0.6 is 0 Å². The Morgan fingerprint density at radius 3 is 2.45 bits per heavy atom. The molecule has 0 atom stereocenters. The lowest BCUT2D eigenvalue weighted by atomic mass is 10.1. The predicted octanol–water partition coefficient (Wildman–Crippen LogP) is 3.64. The number of halogens is 2. The minimum atomic E-state index is -1.04. The molecule has 1 amide bonds. The maximum atomic E-state index is 13.8. The van der Waals surface area contributed by atoms with E-state index in [1.807, 2.05) is 6.07 Å². The Morgan fingerprint density at radius 1 is 1.21 bits per heavy atom. The minimum absolute atomic E-state index is 0.106. The number of benzene rings is 2. The Morgan fingerprint density at radius 2 is 1.88 bits per heavy atom. The fourth-order valence-corrected chi connectivity index (χ4v) is 2.80. The highest BCUT2D eigenvalue weighted by molar-refractivity contribution is 5.93. The molecular weight excluding hydrogens is 436 g/mol. The van der Waals surface area contributed by atoms with E-state index in [4.69, 9.17) is 14.2 Å². The van der Waals surface area contributed by atoms with Gasteiger partial charge in [-0.15, -0.1) is 0 Å². The third-order valence-electron chi connectivity index (χ3n) is 4.25. The van der Waals surface area contributed by atoms with Gasteiger partial charge in [0.1, 0.15) is 17.4 Å². The summed E-state index contributed by atoms with van der Waals surface area (Å²) in [6.07, 6.45) is 2.21. The minimum Gasteiger partial charge on any atom is -0.467 e. The molecule has 0 spiro atoms. The number of hydrogen-bond acceptors (Lipinski definition) is 6. The summed E-state index contributed by atoms with van der Waals surface area (Å²) in [5.41, 5.74) is 1.16. The molecule has 0 N–H and O–H groups in total. The third-order valence-corrected chi connectivity index (χ3v) is 4.25. The van der Waals surface area contributed by atoms with Crippen molar-refractivity contribution >= 4 is 23.3 Å². The average molecular weight is 459 g/mol. The van der Waals surface area contributed by atoms with Crippen molar-refractivity contribution in [3.05, 3.63) is 59.3 Å². The summed E-state index contributed by atoms with van der Waals surface area (Å²) in [5.74, 6) is -2.44. The van der Waals surface area contributed by atoms with E-state index in [1.54, 1.807) is 27.1 Å². The molecule has 10 heteroatoms. The second-order valence-electron chi connectivity index (χ2n) is 6.83. The standard InChI is InChI=1S/C20H16F2N2O4.C3H7NO/c1-3-27-20(25)14-5-4-13(6-19(14)28-11-26-2)24-10-12(9-23)15-7-16(21)17(22)8-18(15)24;1-4(2)3-5/h4-8,10H,3,11H2,1-2H3;3H,1-2H3. The number of ether oxygens (including phenoxy) is 3. The van der Waals surface area contributed by atoms with E-state index < -0.39 is 17.6 Å². The molecule has 0 fully saturated rings. The van der Waals surface area contributed by atoms with Gasteiger partial charge in [0.05, 0.1) is 17.7 Å². The van der Waals surface area contributed by atoms with Crippen LogP contribution in [0.1, 0.15) is 22.8 Å². The first-order valence-corrected chi connectivity index (χ1v) is 9.72. The second-order valence-corrected chi connectivity index (χ2v) is 6.83. The van der Waals surface area contributed by atoms with Crippen LogP contribution < -0.4 is 4.74 Å². The van der Waals surface area contributed by atoms with E-state index in [9.17, 15) is 23.6 Å². The van der Waals surface area contributed by atoms with Crippen molar-refractivity contribution in [2.24, 2.45) is 0 Å². The smallest absolute Gasteiger partial charge is 0.341 e. The summed E-state index contributed by atoms with van der Waals surface area (Å²) < 4.78 is 44.3. The normalized spacial score (nSPS) is 10.1. The topological polar surface area (TPSA) is 93.8 Å². The van der Waals surface area contributed by atoms with Crippen LogP contribution in [0.25, 0.3) is 16.6 Å². The Kier molecular flexibility index (Phi) is 8.89. The van der Waals surface area contributed by atoms with Crippen molar-refractivity contribution in [1.82, 2.24) is 9.47 Å². The van der Waals surface area contributed by atoms with Crippen LogP contribution in [-0.2, 0) is 14.3 Å². The summed E-state index contributed by atoms with van der Waals surface area (Å²) in [7, 11) is 4.81. The SMILES string of the molecule is CCOC(=O)c1ccc(-n2cc(C#N)c3cc(F)c(F)cc32)cc1OCOC.CN(C)C=O. The molecule has 0 aliphatic carbocycles. The Bertz CT molecular complexity index is 1190. The number of fused-ring (bicyclic) bond motifs is 1. The fraction of sp³-hybridized carbons (Fsp3) is 0.261. The molecule has 0 bridgehead atoms. The third kappa shape index (κ3) is 6.05. The lowest BCUT2D eigenvalue weighted by Crippen LogP contribution is -2.10. The monoisotopic (exact) mass is 459 g/mol. The molecule has 3 rings (SSSR count). The van der Waals surface area contributed by atoms with Gasteiger partial charge in [-0.25, -0.2) is 13.6 Å². The van der Waals surface area contributed by atoms with Gasteiger partial charge in [0.25, 0.3) is 0 Å². The highest BCUT2D eigenvalue weighted by atomic mass is 19.2. The molecule has 0 saturated heterocycles. The Balaban J connectivity index is 0.000000696. The average Bonchev–Trinajstić information content (AvgIpc) is 3.15. The Labute approximate surface area is 189 Å². The molecule has 2 aromatic carbocycles. The first-order valence-electron chi connectivity index (χ1n) is 9.72. The van der Waals surface area contributed by atoms with E-state index in [0.29, 0.717) is 11.2 Å². The van der Waals surface area contributed by atoms with Gasteiger partial charge in [-0.1, -0.05) is 0 Å². The summed E-state index contributed by atoms with van der Waals surface area (Å²) in [5, 5.41) is 9.59. The van der Waals surface area contributed by atoms with Crippen molar-refractivity contribution in [3.63, 3.8) is 0 Å². The number of amides is 1. The second kappa shape index (κ2) is 11.6. The van der Waals surface area contributed by atoms with Crippen LogP contribution in [0, 0.1) is 23.0 Å². The summed E-state index contributed by atoms with van der Waals surface area (Å²) in [4.78, 5) is 23.0. The number of methoxy groups -OCH3 is 1. The number of esters is 1. The van der Waals surface area contributed by atoms with Crippen molar-refractivity contribution in [3.8, 4) is 17.5 Å². The fourth-order valence-electron chi connectivity index (χ4n) is 2.80. The number of hydrogen-bond donors (Lipinski definition) is 0. The van der Waals surface area contributed by atoms with Crippen LogP contribution in [0.3, 0.4) is 0 Å². The first kappa shape index (κ1) is 25.3. The van der Waals surface area contributed by atoms with Crippen LogP contribution in [0.4, 0.5) is 8.78 Å². The van der Waals surface area contributed by atoms with E-state index in [-0.39, 0.29) is 35.7 Å². The maximum Gasteiger partial charge on any atom is 0.341 e. The lowest BCUT2D eigenvalue weighted by Gasteiger charge is -2.13. The van der Waals surface area contributed by atoms with Crippen molar-refractivity contribution < 1.29 is 32.6 Å². The van der Waals surface area contributed by atoms with Crippen LogP contribution in [-0.4, -0.2) is 56.5 Å². The zero-order valence-corrected chi connectivity index (χ0v) is 18.6. The van der Waals surface area contributed by atoms with Gasteiger partial charge in [-0.2, -0.15) is 5.26 Å². The zero-order valence-electron chi connectivity index (χ0n) is 18.6. The Hall–Kier alpha value is -3.97. The highest BCUT2D eigenvalue weighted by Crippen LogP contribution is 2.30. The molecule has 0 saturated carbocycles. The molecule has 0 unspecified atom stereocenters. The van der Waals surface area contributed by atoms with Crippen LogP contribution in [0.5, 0.6) is 5.75 Å². The summed E-state index contributed by atoms with van der Waals surface area (Å²) >= 11 is 0. The summed E-state index contributed by atoms with van der Waals surface area (Å²) in [6, 6.07) is 8.58. The summed E-state index contributed by atoms with van der Waals surface area (Å²) in [6.45, 7) is 1.78. The molecule has 174 valence electrons. The number of carbonyl (C=O) groups is 2. The molecule has 0 radical (unpaired) electrons. The quantitative estimate of drug-likeness (QED) is 0.304. The van der Waals surface area contributed by atoms with Gasteiger partial charge in [-0.05, 0) is 25.1 Å². The van der Waals surface area contributed by atoms with E-state index in [1.165, 1.54) is 34.9 Å². The molecule has 33 heavy (non-hydrogen) atoms. The first-order chi connectivity index (χ1) is 15.8. The van der Waals surface area contributed by atoms with Gasteiger partial charge < -0.3 is 23.7 Å². The van der Waals surface area contributed by atoms with Crippen LogP contribution in [0.15, 0.2) is 36.5 Å². The molecule has 0 aliphatic rings. The number of carbonyl (C=O) groups excluding carboxylic acids is 2. The van der Waals surface area contributed by atoms with E-state index >= 15 is 0 Å². The molecule has 3 aromatic rings. The zero-order chi connectivity index (χ0) is 24.5. The van der Waals surface area contributed by atoms with Gasteiger partial charge >= 0.3 is 5.97 Å². The largest absolute Gasteiger partial charge is 0.467 e. The molecule has 0 aliphatic heterocycles. The van der Waals surface area contributed by atoms with Gasteiger partial charge in [0.15, 0.2) is 18.4 Å². The van der Waals surface area contributed by atoms with Crippen molar-refractivity contribution in [2.75, 3.05) is 34.6 Å². The van der Waals surface area contributed by atoms with E-state index in [0.717, 1.165) is 18.5 Å². The number of aromatic nitrogens is 1. The van der Waals surface area contributed by atoms with E-state index in [2.05, 4.69) is 0 Å². The van der Waals surface area contributed by atoms with Crippen LogP contribution in [0.2, 0.25) is 0 Å². The van der Waals surface area contributed by atoms with Crippen molar-refractivity contribution in [1.29, 1.82) is 5.26 Å². The van der Waals surface area contributed by atoms with Gasteiger partial charge in [0, 0.05) is 50.6 Å². The number of nitrogens with zero attached hydrogens (tertiary/aromatic N) is 3. The number of rotatable bonds is 7. The molecule has 1 heterocycles. The molecular formula is C23H23F2N3O5. The predicted molar refractivity (Wildman–Crippen MR) is 116 cm³/mol. The van der Waals surface area contributed by atoms with Gasteiger partial charge in [0.2, 0.25) is 6.41 Å². The highest BCUT2D eigenvalue weighted by Gasteiger charge is 2.18. The molecule has 1 aromatic heterocycles. The van der Waals surface area contributed by atoms with Gasteiger partial charge in [-0.3, -0.25) is 4.79 Å². The van der Waals surface area contributed by atoms with Crippen molar-refractivity contribution in [2.45, 2.75) is 6.92 Å².